The molecule has 2 aromatic rings. The summed E-state index contributed by atoms with van der Waals surface area (Å²) in [6.45, 7) is 5.69. The molecule has 0 saturated carbocycles. The number of ether oxygens (including phenoxy) is 3. The van der Waals surface area contributed by atoms with Gasteiger partial charge in [0, 0.05) is 12.6 Å². The van der Waals surface area contributed by atoms with Crippen molar-refractivity contribution in [3.63, 3.8) is 0 Å². The molecule has 6 heteroatoms. The number of aliphatic imine (C=N–C) groups is 1. The third-order valence-corrected chi connectivity index (χ3v) is 3.86. The van der Waals surface area contributed by atoms with Gasteiger partial charge < -0.3 is 25.3 Å². The second-order valence-electron chi connectivity index (χ2n) is 5.87. The largest absolute Gasteiger partial charge is 0.497 e. The third kappa shape index (κ3) is 6.73. The van der Waals surface area contributed by atoms with Crippen LogP contribution in [0, 0.1) is 0 Å². The highest BCUT2D eigenvalue weighted by atomic mass is 16.5. The molecule has 0 unspecified atom stereocenters. The van der Waals surface area contributed by atoms with Crippen molar-refractivity contribution in [1.29, 1.82) is 0 Å². The predicted octanol–water partition coefficient (Wildman–Crippen LogP) is 3.85. The first-order valence-electron chi connectivity index (χ1n) is 9.25. The summed E-state index contributed by atoms with van der Waals surface area (Å²) in [5.74, 6) is 2.70. The van der Waals surface area contributed by atoms with Gasteiger partial charge in [-0.05, 0) is 56.5 Å². The Bertz CT molecular complexity index is 747. The van der Waals surface area contributed by atoms with Crippen molar-refractivity contribution >= 4 is 11.6 Å². The van der Waals surface area contributed by atoms with Gasteiger partial charge in [-0.25, -0.2) is 0 Å². The van der Waals surface area contributed by atoms with Crippen LogP contribution in [0.1, 0.15) is 25.8 Å². The molecule has 27 heavy (non-hydrogen) atoms. The first-order chi connectivity index (χ1) is 13.2. The number of aryl methyl sites for hydroxylation is 1. The van der Waals surface area contributed by atoms with E-state index in [0.29, 0.717) is 25.7 Å². The van der Waals surface area contributed by atoms with Crippen molar-refractivity contribution in [2.24, 2.45) is 10.7 Å². The first kappa shape index (κ1) is 20.4. The van der Waals surface area contributed by atoms with Crippen molar-refractivity contribution in [2.75, 3.05) is 32.2 Å². The van der Waals surface area contributed by atoms with E-state index in [4.69, 9.17) is 19.9 Å². The van der Waals surface area contributed by atoms with Crippen molar-refractivity contribution < 1.29 is 14.2 Å². The highest BCUT2D eigenvalue weighted by Gasteiger charge is 2.07. The molecule has 6 nitrogen and oxygen atoms in total. The summed E-state index contributed by atoms with van der Waals surface area (Å²) in [5, 5.41) is 3.11. The van der Waals surface area contributed by atoms with Crippen molar-refractivity contribution in [2.45, 2.75) is 26.7 Å². The lowest BCUT2D eigenvalue weighted by molar-refractivity contribution is 0.332. The van der Waals surface area contributed by atoms with E-state index >= 15 is 0 Å². The maximum atomic E-state index is 6.04. The summed E-state index contributed by atoms with van der Waals surface area (Å²) < 4.78 is 16.4. The molecule has 0 radical (unpaired) electrons. The standard InChI is InChI=1S/C21H29N3O3/c1-4-26-18-11-12-20(27-5-2)19(15-18)24-21(22)23-13-7-9-16-8-6-10-17(14-16)25-3/h6,8,10-12,14-15H,4-5,7,9,13H2,1-3H3,(H3,22,23,24). The number of hydrogen-bond acceptors (Lipinski definition) is 4. The molecule has 0 atom stereocenters. The maximum absolute atomic E-state index is 6.04. The van der Waals surface area contributed by atoms with Gasteiger partial charge in [0.05, 0.1) is 26.0 Å². The highest BCUT2D eigenvalue weighted by Crippen LogP contribution is 2.29. The highest BCUT2D eigenvalue weighted by molar-refractivity contribution is 5.94. The quantitative estimate of drug-likeness (QED) is 0.377. The topological polar surface area (TPSA) is 78.1 Å². The molecule has 0 aromatic heterocycles. The molecule has 3 N–H and O–H groups in total. The zero-order chi connectivity index (χ0) is 19.5. The van der Waals surface area contributed by atoms with Crippen LogP contribution in [-0.4, -0.2) is 32.8 Å². The summed E-state index contributed by atoms with van der Waals surface area (Å²) >= 11 is 0. The van der Waals surface area contributed by atoms with E-state index in [2.05, 4.69) is 16.4 Å². The molecular formula is C21H29N3O3. The molecule has 0 aliphatic rings. The van der Waals surface area contributed by atoms with Crippen LogP contribution in [0.3, 0.4) is 0 Å². The lowest BCUT2D eigenvalue weighted by Gasteiger charge is -2.14. The third-order valence-electron chi connectivity index (χ3n) is 3.86. The van der Waals surface area contributed by atoms with Crippen molar-refractivity contribution in [1.82, 2.24) is 0 Å². The van der Waals surface area contributed by atoms with Gasteiger partial charge in [0.2, 0.25) is 0 Å². The van der Waals surface area contributed by atoms with Crippen LogP contribution in [0.4, 0.5) is 5.69 Å². The number of hydrogen-bond donors (Lipinski definition) is 2. The summed E-state index contributed by atoms with van der Waals surface area (Å²) in [4.78, 5) is 4.41. The summed E-state index contributed by atoms with van der Waals surface area (Å²) in [7, 11) is 1.67. The minimum absolute atomic E-state index is 0.357. The second kappa shape index (κ2) is 11.0. The molecule has 2 rings (SSSR count). The number of rotatable bonds is 10. The van der Waals surface area contributed by atoms with Gasteiger partial charge in [-0.3, -0.25) is 4.99 Å². The Morgan fingerprint density at radius 1 is 1.04 bits per heavy atom. The monoisotopic (exact) mass is 371 g/mol. The lowest BCUT2D eigenvalue weighted by atomic mass is 10.1. The molecule has 0 amide bonds. The number of nitrogens with one attached hydrogen (secondary N) is 1. The Hall–Kier alpha value is -2.89. The van der Waals surface area contributed by atoms with E-state index < -0.39 is 0 Å². The van der Waals surface area contributed by atoms with Gasteiger partial charge in [0.15, 0.2) is 5.96 Å². The molecule has 0 bridgehead atoms. The SMILES string of the molecule is CCOc1ccc(OCC)c(NC(N)=NCCCc2cccc(OC)c2)c1. The minimum Gasteiger partial charge on any atom is -0.497 e. The Balaban J connectivity index is 1.92. The normalized spacial score (nSPS) is 11.1. The van der Waals surface area contributed by atoms with Crippen LogP contribution < -0.4 is 25.3 Å². The fraction of sp³-hybridized carbons (Fsp3) is 0.381. The number of anilines is 1. The van der Waals surface area contributed by atoms with E-state index in [0.717, 1.165) is 35.8 Å². The van der Waals surface area contributed by atoms with Crippen molar-refractivity contribution in [3.8, 4) is 17.2 Å². The van der Waals surface area contributed by atoms with Crippen molar-refractivity contribution in [3.05, 3.63) is 48.0 Å². The number of methoxy groups -OCH3 is 1. The fourth-order valence-electron chi connectivity index (χ4n) is 2.63. The molecule has 0 aliphatic carbocycles. The van der Waals surface area contributed by atoms with E-state index in [9.17, 15) is 0 Å². The molecular weight excluding hydrogens is 342 g/mol. The van der Waals surface area contributed by atoms with Gasteiger partial charge in [0.1, 0.15) is 17.2 Å². The smallest absolute Gasteiger partial charge is 0.193 e. The second-order valence-corrected chi connectivity index (χ2v) is 5.87. The van der Waals surface area contributed by atoms with Crippen LogP contribution in [0.5, 0.6) is 17.2 Å². The zero-order valence-corrected chi connectivity index (χ0v) is 16.3. The zero-order valence-electron chi connectivity index (χ0n) is 16.3. The Morgan fingerprint density at radius 3 is 2.59 bits per heavy atom. The molecule has 0 saturated heterocycles. The van der Waals surface area contributed by atoms with Gasteiger partial charge in [-0.2, -0.15) is 0 Å². The molecule has 0 spiro atoms. The average molecular weight is 371 g/mol. The minimum atomic E-state index is 0.357. The van der Waals surface area contributed by atoms with Crippen LogP contribution >= 0.6 is 0 Å². The molecule has 2 aromatic carbocycles. The van der Waals surface area contributed by atoms with Crippen LogP contribution in [0.15, 0.2) is 47.5 Å². The van der Waals surface area contributed by atoms with Gasteiger partial charge >= 0.3 is 0 Å². The lowest BCUT2D eigenvalue weighted by Crippen LogP contribution is -2.23. The van der Waals surface area contributed by atoms with E-state index in [1.54, 1.807) is 7.11 Å². The van der Waals surface area contributed by atoms with Crippen LogP contribution in [0.2, 0.25) is 0 Å². The Labute approximate surface area is 161 Å². The van der Waals surface area contributed by atoms with E-state index in [1.807, 2.05) is 50.2 Å². The Morgan fingerprint density at radius 2 is 1.85 bits per heavy atom. The average Bonchev–Trinajstić information content (AvgIpc) is 2.68. The predicted molar refractivity (Wildman–Crippen MR) is 110 cm³/mol. The number of guanidine groups is 1. The summed E-state index contributed by atoms with van der Waals surface area (Å²) in [6.07, 6.45) is 1.81. The van der Waals surface area contributed by atoms with Gasteiger partial charge in [-0.15, -0.1) is 0 Å². The van der Waals surface area contributed by atoms with Gasteiger partial charge in [-0.1, -0.05) is 12.1 Å². The summed E-state index contributed by atoms with van der Waals surface area (Å²) in [6, 6.07) is 13.7. The van der Waals surface area contributed by atoms with Crippen LogP contribution in [0.25, 0.3) is 0 Å². The number of nitrogens with zero attached hydrogens (tertiary/aromatic N) is 1. The Kier molecular flexibility index (Phi) is 8.29. The fourth-order valence-corrected chi connectivity index (χ4v) is 2.63. The number of nitrogens with two attached hydrogens (primary N) is 1. The first-order valence-corrected chi connectivity index (χ1v) is 9.25. The maximum Gasteiger partial charge on any atom is 0.193 e. The molecule has 0 fully saturated rings. The summed E-state index contributed by atoms with van der Waals surface area (Å²) in [5.41, 5.74) is 8.01. The molecule has 146 valence electrons. The van der Waals surface area contributed by atoms with E-state index in [-0.39, 0.29) is 0 Å². The molecule has 0 aliphatic heterocycles. The molecule has 0 heterocycles. The van der Waals surface area contributed by atoms with Crippen LogP contribution in [-0.2, 0) is 6.42 Å². The van der Waals surface area contributed by atoms with E-state index in [1.165, 1.54) is 5.56 Å². The van der Waals surface area contributed by atoms with Gasteiger partial charge in [0.25, 0.3) is 0 Å². The number of benzene rings is 2.